The molecule has 2 N–H and O–H groups in total. The first kappa shape index (κ1) is 13.3. The van der Waals surface area contributed by atoms with Gasteiger partial charge in [0.1, 0.15) is 5.15 Å². The lowest BCUT2D eigenvalue weighted by Crippen LogP contribution is -2.43. The average molecular weight is 281 g/mol. The fourth-order valence-corrected chi connectivity index (χ4v) is 3.48. The number of hydrogen-bond donors (Lipinski definition) is 2. The SMILES string of the molecule is OC1(CNC2CCc3ccc(Cl)nc32)CCCCC1. The van der Waals surface area contributed by atoms with Crippen LogP contribution in [0.15, 0.2) is 12.1 Å². The van der Waals surface area contributed by atoms with Crippen molar-refractivity contribution in [3.8, 4) is 0 Å². The number of halogens is 1. The Bertz CT molecular complexity index is 457. The molecule has 0 aromatic carbocycles. The van der Waals surface area contributed by atoms with Gasteiger partial charge in [0.15, 0.2) is 0 Å². The number of nitrogens with zero attached hydrogens (tertiary/aromatic N) is 1. The third kappa shape index (κ3) is 2.93. The third-order valence-corrected chi connectivity index (χ3v) is 4.68. The molecule has 0 radical (unpaired) electrons. The van der Waals surface area contributed by atoms with Gasteiger partial charge in [0.2, 0.25) is 0 Å². The van der Waals surface area contributed by atoms with E-state index in [1.54, 1.807) is 0 Å². The number of aromatic nitrogens is 1. The van der Waals surface area contributed by atoms with Crippen LogP contribution in [-0.4, -0.2) is 22.2 Å². The molecule has 3 nitrogen and oxygen atoms in total. The summed E-state index contributed by atoms with van der Waals surface area (Å²) < 4.78 is 0. The molecule has 2 aliphatic rings. The van der Waals surface area contributed by atoms with Gasteiger partial charge in [-0.2, -0.15) is 0 Å². The highest BCUT2D eigenvalue weighted by Gasteiger charge is 2.31. The van der Waals surface area contributed by atoms with Gasteiger partial charge in [0, 0.05) is 6.54 Å². The first-order chi connectivity index (χ1) is 9.16. The molecular formula is C15H21ClN2O. The van der Waals surface area contributed by atoms with Crippen molar-refractivity contribution in [2.45, 2.75) is 56.6 Å². The van der Waals surface area contributed by atoms with Crippen molar-refractivity contribution in [3.63, 3.8) is 0 Å². The van der Waals surface area contributed by atoms with Crippen molar-refractivity contribution in [1.82, 2.24) is 10.3 Å². The van der Waals surface area contributed by atoms with Crippen LogP contribution in [0.1, 0.15) is 55.8 Å². The minimum absolute atomic E-state index is 0.250. The molecule has 1 atom stereocenters. The van der Waals surface area contributed by atoms with Crippen LogP contribution in [0.2, 0.25) is 5.15 Å². The lowest BCUT2D eigenvalue weighted by atomic mass is 9.84. The molecular weight excluding hydrogens is 260 g/mol. The quantitative estimate of drug-likeness (QED) is 0.837. The second-order valence-corrected chi connectivity index (χ2v) is 6.32. The zero-order valence-electron chi connectivity index (χ0n) is 11.2. The highest BCUT2D eigenvalue weighted by molar-refractivity contribution is 6.29. The fraction of sp³-hybridized carbons (Fsp3) is 0.667. The van der Waals surface area contributed by atoms with E-state index in [0.717, 1.165) is 44.2 Å². The normalized spacial score (nSPS) is 25.3. The summed E-state index contributed by atoms with van der Waals surface area (Å²) in [7, 11) is 0. The average Bonchev–Trinajstić information content (AvgIpc) is 2.80. The van der Waals surface area contributed by atoms with Crippen molar-refractivity contribution in [2.24, 2.45) is 0 Å². The van der Waals surface area contributed by atoms with Gasteiger partial charge >= 0.3 is 0 Å². The van der Waals surface area contributed by atoms with E-state index in [4.69, 9.17) is 11.6 Å². The van der Waals surface area contributed by atoms with Crippen molar-refractivity contribution in [3.05, 3.63) is 28.5 Å². The standard InChI is InChI=1S/C15H21ClN2O/c16-13-7-5-11-4-6-12(14(11)18-13)17-10-15(19)8-2-1-3-9-15/h5,7,12,17,19H,1-4,6,8-10H2. The Morgan fingerprint density at radius 1 is 1.32 bits per heavy atom. The smallest absolute Gasteiger partial charge is 0.129 e. The number of aliphatic hydroxyl groups is 1. The van der Waals surface area contributed by atoms with E-state index in [1.807, 2.05) is 6.07 Å². The van der Waals surface area contributed by atoms with E-state index in [1.165, 1.54) is 12.0 Å². The predicted octanol–water partition coefficient (Wildman–Crippen LogP) is 3.01. The molecule has 4 heteroatoms. The molecule has 0 amide bonds. The minimum atomic E-state index is -0.514. The van der Waals surface area contributed by atoms with Gasteiger partial charge in [-0.05, 0) is 37.3 Å². The van der Waals surface area contributed by atoms with Crippen LogP contribution < -0.4 is 5.32 Å². The molecule has 1 fully saturated rings. The Balaban J connectivity index is 1.64. The summed E-state index contributed by atoms with van der Waals surface area (Å²) in [6.07, 6.45) is 7.48. The molecule has 0 saturated heterocycles. The number of pyridine rings is 1. The largest absolute Gasteiger partial charge is 0.389 e. The zero-order chi connectivity index (χ0) is 13.3. The van der Waals surface area contributed by atoms with Crippen LogP contribution in [0.5, 0.6) is 0 Å². The molecule has 2 aliphatic carbocycles. The summed E-state index contributed by atoms with van der Waals surface area (Å²) in [5.41, 5.74) is 1.85. The molecule has 1 heterocycles. The summed E-state index contributed by atoms with van der Waals surface area (Å²) >= 11 is 5.98. The van der Waals surface area contributed by atoms with E-state index < -0.39 is 5.60 Å². The topological polar surface area (TPSA) is 45.1 Å². The summed E-state index contributed by atoms with van der Waals surface area (Å²) in [4.78, 5) is 4.44. The Hall–Kier alpha value is -0.640. The maximum absolute atomic E-state index is 10.5. The van der Waals surface area contributed by atoms with Crippen LogP contribution in [-0.2, 0) is 6.42 Å². The van der Waals surface area contributed by atoms with E-state index in [2.05, 4.69) is 16.4 Å². The first-order valence-electron chi connectivity index (χ1n) is 7.27. The number of aryl methyl sites for hydroxylation is 1. The molecule has 1 aromatic rings. The maximum Gasteiger partial charge on any atom is 0.129 e. The van der Waals surface area contributed by atoms with E-state index in [0.29, 0.717) is 11.7 Å². The van der Waals surface area contributed by atoms with Gasteiger partial charge in [0.25, 0.3) is 0 Å². The molecule has 3 rings (SSSR count). The van der Waals surface area contributed by atoms with Crippen molar-refractivity contribution in [2.75, 3.05) is 6.54 Å². The number of nitrogens with one attached hydrogen (secondary N) is 1. The second kappa shape index (κ2) is 5.39. The van der Waals surface area contributed by atoms with Gasteiger partial charge < -0.3 is 10.4 Å². The van der Waals surface area contributed by atoms with Crippen molar-refractivity contribution < 1.29 is 5.11 Å². The Labute approximate surface area is 119 Å². The molecule has 19 heavy (non-hydrogen) atoms. The highest BCUT2D eigenvalue weighted by atomic mass is 35.5. The number of rotatable bonds is 3. The number of fused-ring (bicyclic) bond motifs is 1. The fourth-order valence-electron chi connectivity index (χ4n) is 3.33. The Morgan fingerprint density at radius 3 is 2.89 bits per heavy atom. The second-order valence-electron chi connectivity index (χ2n) is 5.94. The van der Waals surface area contributed by atoms with E-state index in [-0.39, 0.29) is 6.04 Å². The molecule has 0 aliphatic heterocycles. The van der Waals surface area contributed by atoms with Gasteiger partial charge in [-0.25, -0.2) is 4.98 Å². The lowest BCUT2D eigenvalue weighted by Gasteiger charge is -2.33. The summed E-state index contributed by atoms with van der Waals surface area (Å²) in [5, 5.41) is 14.6. The van der Waals surface area contributed by atoms with Gasteiger partial charge in [-0.1, -0.05) is 36.9 Å². The van der Waals surface area contributed by atoms with Crippen LogP contribution in [0.4, 0.5) is 0 Å². The molecule has 1 aromatic heterocycles. The van der Waals surface area contributed by atoms with Gasteiger partial charge in [-0.15, -0.1) is 0 Å². The summed E-state index contributed by atoms with van der Waals surface area (Å²) in [5.74, 6) is 0. The van der Waals surface area contributed by atoms with Crippen LogP contribution in [0, 0.1) is 0 Å². The van der Waals surface area contributed by atoms with E-state index >= 15 is 0 Å². The number of hydrogen-bond acceptors (Lipinski definition) is 3. The predicted molar refractivity (Wildman–Crippen MR) is 76.3 cm³/mol. The lowest BCUT2D eigenvalue weighted by molar-refractivity contribution is 0.00253. The van der Waals surface area contributed by atoms with E-state index in [9.17, 15) is 5.11 Å². The van der Waals surface area contributed by atoms with Crippen molar-refractivity contribution >= 4 is 11.6 Å². The molecule has 104 valence electrons. The third-order valence-electron chi connectivity index (χ3n) is 4.47. The molecule has 1 saturated carbocycles. The molecule has 1 unspecified atom stereocenters. The highest BCUT2D eigenvalue weighted by Crippen LogP contribution is 2.32. The van der Waals surface area contributed by atoms with Gasteiger partial charge in [-0.3, -0.25) is 0 Å². The zero-order valence-corrected chi connectivity index (χ0v) is 11.9. The van der Waals surface area contributed by atoms with Gasteiger partial charge in [0.05, 0.1) is 17.3 Å². The maximum atomic E-state index is 10.5. The summed E-state index contributed by atoms with van der Waals surface area (Å²) in [6, 6.07) is 4.18. The first-order valence-corrected chi connectivity index (χ1v) is 7.65. The molecule has 0 spiro atoms. The minimum Gasteiger partial charge on any atom is -0.389 e. The van der Waals surface area contributed by atoms with Crippen LogP contribution in [0.3, 0.4) is 0 Å². The van der Waals surface area contributed by atoms with Crippen LogP contribution in [0.25, 0.3) is 0 Å². The Kier molecular flexibility index (Phi) is 3.79. The summed E-state index contributed by atoms with van der Waals surface area (Å²) in [6.45, 7) is 0.672. The van der Waals surface area contributed by atoms with Crippen LogP contribution >= 0.6 is 11.6 Å². The monoisotopic (exact) mass is 280 g/mol. The van der Waals surface area contributed by atoms with Crippen molar-refractivity contribution in [1.29, 1.82) is 0 Å². The molecule has 0 bridgehead atoms. The Morgan fingerprint density at radius 2 is 2.11 bits per heavy atom.